The number of nitrogens with zero attached hydrogens (tertiary/aromatic N) is 2. The lowest BCUT2D eigenvalue weighted by molar-refractivity contribution is 0.415. The number of hydrogen-bond acceptors (Lipinski definition) is 4. The first kappa shape index (κ1) is 11.7. The van der Waals surface area contributed by atoms with Crippen LogP contribution < -0.4 is 4.74 Å². The number of rotatable bonds is 3. The molecule has 0 aliphatic heterocycles. The Labute approximate surface area is 104 Å². The molecule has 0 unspecified atom stereocenters. The highest BCUT2D eigenvalue weighted by Gasteiger charge is 2.06. The van der Waals surface area contributed by atoms with Gasteiger partial charge in [0.1, 0.15) is 5.75 Å². The second kappa shape index (κ2) is 5.07. The Bertz CT molecular complexity index is 590. The molecule has 0 fully saturated rings. The Balaban J connectivity index is 2.58. The minimum absolute atomic E-state index is 0.440. The molecule has 0 saturated heterocycles. The van der Waals surface area contributed by atoms with Crippen LogP contribution in [0.2, 0.25) is 0 Å². The number of nitriles is 1. The van der Waals surface area contributed by atoms with Gasteiger partial charge in [-0.3, -0.25) is 4.98 Å². The fraction of sp³-hybridized carbons (Fsp3) is 0.231. The number of hydrogen-bond donors (Lipinski definition) is 0. The van der Waals surface area contributed by atoms with Gasteiger partial charge in [-0.1, -0.05) is 0 Å². The first-order valence-corrected chi connectivity index (χ1v) is 6.18. The average molecular weight is 244 g/mol. The molecule has 0 aliphatic rings. The fourth-order valence-electron chi connectivity index (χ4n) is 1.66. The molecule has 86 valence electrons. The van der Waals surface area contributed by atoms with Crippen molar-refractivity contribution in [2.75, 3.05) is 12.9 Å². The smallest absolute Gasteiger partial charge is 0.119 e. The van der Waals surface area contributed by atoms with Gasteiger partial charge in [-0.25, -0.2) is 0 Å². The van der Waals surface area contributed by atoms with Gasteiger partial charge in [0, 0.05) is 16.0 Å². The lowest BCUT2D eigenvalue weighted by atomic mass is 10.2. The highest BCUT2D eigenvalue weighted by Crippen LogP contribution is 2.30. The Morgan fingerprint density at radius 3 is 2.94 bits per heavy atom. The monoisotopic (exact) mass is 244 g/mol. The van der Waals surface area contributed by atoms with E-state index in [1.807, 2.05) is 31.2 Å². The lowest BCUT2D eigenvalue weighted by Gasteiger charge is -2.07. The van der Waals surface area contributed by atoms with E-state index >= 15 is 0 Å². The van der Waals surface area contributed by atoms with Crippen molar-refractivity contribution in [2.45, 2.75) is 11.8 Å². The van der Waals surface area contributed by atoms with Gasteiger partial charge in [0.25, 0.3) is 0 Å². The van der Waals surface area contributed by atoms with Gasteiger partial charge >= 0.3 is 0 Å². The summed E-state index contributed by atoms with van der Waals surface area (Å²) in [5.41, 5.74) is 1.90. The summed E-state index contributed by atoms with van der Waals surface area (Å²) >= 11 is 1.53. The van der Waals surface area contributed by atoms with E-state index in [1.54, 1.807) is 7.11 Å². The van der Waals surface area contributed by atoms with Gasteiger partial charge in [0.05, 0.1) is 24.4 Å². The zero-order valence-electron chi connectivity index (χ0n) is 9.73. The summed E-state index contributed by atoms with van der Waals surface area (Å²) < 4.78 is 5.21. The number of aromatic nitrogens is 1. The van der Waals surface area contributed by atoms with E-state index < -0.39 is 0 Å². The predicted molar refractivity (Wildman–Crippen MR) is 69.4 cm³/mol. The summed E-state index contributed by atoms with van der Waals surface area (Å²) in [5.74, 6) is 1.25. The van der Waals surface area contributed by atoms with Crippen LogP contribution in [0.4, 0.5) is 0 Å². The van der Waals surface area contributed by atoms with E-state index in [0.717, 1.165) is 27.2 Å². The van der Waals surface area contributed by atoms with Crippen LogP contribution in [0, 0.1) is 18.3 Å². The largest absolute Gasteiger partial charge is 0.497 e. The highest BCUT2D eigenvalue weighted by molar-refractivity contribution is 7.99. The van der Waals surface area contributed by atoms with Crippen molar-refractivity contribution in [1.82, 2.24) is 4.98 Å². The molecule has 0 amide bonds. The summed E-state index contributed by atoms with van der Waals surface area (Å²) in [7, 11) is 1.64. The maximum absolute atomic E-state index is 8.66. The zero-order chi connectivity index (χ0) is 12.3. The predicted octanol–water partition coefficient (Wildman–Crippen LogP) is 3.17. The van der Waals surface area contributed by atoms with E-state index in [2.05, 4.69) is 11.1 Å². The molecule has 17 heavy (non-hydrogen) atoms. The molecule has 2 aromatic rings. The second-order valence-corrected chi connectivity index (χ2v) is 4.61. The van der Waals surface area contributed by atoms with Crippen molar-refractivity contribution < 1.29 is 4.74 Å². The van der Waals surface area contributed by atoms with E-state index in [9.17, 15) is 0 Å². The van der Waals surface area contributed by atoms with Gasteiger partial charge in [-0.05, 0) is 31.2 Å². The Hall–Kier alpha value is -1.73. The van der Waals surface area contributed by atoms with Crippen LogP contribution in [0.1, 0.15) is 5.69 Å². The van der Waals surface area contributed by atoms with E-state index in [1.165, 1.54) is 11.8 Å². The molecule has 4 heteroatoms. The van der Waals surface area contributed by atoms with Crippen LogP contribution in [0.3, 0.4) is 0 Å². The molecule has 0 saturated carbocycles. The highest BCUT2D eigenvalue weighted by atomic mass is 32.2. The SMILES string of the molecule is COc1ccc2nc(C)cc(SCC#N)c2c1. The summed E-state index contributed by atoms with van der Waals surface area (Å²) in [6.45, 7) is 1.96. The molecule has 1 heterocycles. The van der Waals surface area contributed by atoms with Crippen LogP contribution >= 0.6 is 11.8 Å². The zero-order valence-corrected chi connectivity index (χ0v) is 10.5. The number of benzene rings is 1. The first-order valence-electron chi connectivity index (χ1n) is 5.19. The molecule has 0 N–H and O–H groups in total. The Morgan fingerprint density at radius 2 is 2.24 bits per heavy atom. The molecule has 0 bridgehead atoms. The van der Waals surface area contributed by atoms with E-state index in [-0.39, 0.29) is 0 Å². The summed E-state index contributed by atoms with van der Waals surface area (Å²) in [4.78, 5) is 5.54. The number of aryl methyl sites for hydroxylation is 1. The molecular formula is C13H12N2OS. The Morgan fingerprint density at radius 1 is 1.41 bits per heavy atom. The van der Waals surface area contributed by atoms with Gasteiger partial charge < -0.3 is 4.74 Å². The van der Waals surface area contributed by atoms with Gasteiger partial charge in [-0.2, -0.15) is 5.26 Å². The van der Waals surface area contributed by atoms with Crippen LogP contribution in [-0.4, -0.2) is 17.8 Å². The van der Waals surface area contributed by atoms with Crippen LogP contribution in [-0.2, 0) is 0 Å². The molecule has 0 aliphatic carbocycles. The van der Waals surface area contributed by atoms with E-state index in [0.29, 0.717) is 5.75 Å². The number of pyridine rings is 1. The molecule has 1 aromatic carbocycles. The molecule has 3 nitrogen and oxygen atoms in total. The third kappa shape index (κ3) is 2.51. The van der Waals surface area contributed by atoms with E-state index in [4.69, 9.17) is 10.00 Å². The van der Waals surface area contributed by atoms with Gasteiger partial charge in [0.15, 0.2) is 0 Å². The molecule has 0 atom stereocenters. The Kier molecular flexibility index (Phi) is 3.50. The maximum atomic E-state index is 8.66. The molecular weight excluding hydrogens is 232 g/mol. The third-order valence-corrected chi connectivity index (χ3v) is 3.32. The van der Waals surface area contributed by atoms with Gasteiger partial charge in [-0.15, -0.1) is 11.8 Å². The summed E-state index contributed by atoms with van der Waals surface area (Å²) in [6.07, 6.45) is 0. The normalized spacial score (nSPS) is 10.2. The van der Waals surface area contributed by atoms with Crippen LogP contribution in [0.25, 0.3) is 10.9 Å². The number of thioether (sulfide) groups is 1. The average Bonchev–Trinajstić information content (AvgIpc) is 2.35. The number of methoxy groups -OCH3 is 1. The second-order valence-electron chi connectivity index (χ2n) is 3.59. The van der Waals surface area contributed by atoms with Crippen LogP contribution in [0.15, 0.2) is 29.2 Å². The van der Waals surface area contributed by atoms with Crippen molar-refractivity contribution in [2.24, 2.45) is 0 Å². The molecule has 0 radical (unpaired) electrons. The quantitative estimate of drug-likeness (QED) is 0.778. The third-order valence-electron chi connectivity index (χ3n) is 2.40. The van der Waals surface area contributed by atoms with Crippen molar-refractivity contribution in [3.63, 3.8) is 0 Å². The summed E-state index contributed by atoms with van der Waals surface area (Å²) in [5, 5.41) is 9.70. The van der Waals surface area contributed by atoms with Crippen molar-refractivity contribution in [3.05, 3.63) is 30.0 Å². The minimum atomic E-state index is 0.440. The standard InChI is InChI=1S/C13H12N2OS/c1-9-7-13(17-6-5-14)11-8-10(16-2)3-4-12(11)15-9/h3-4,7-8H,6H2,1-2H3. The maximum Gasteiger partial charge on any atom is 0.119 e. The minimum Gasteiger partial charge on any atom is -0.497 e. The molecule has 0 spiro atoms. The van der Waals surface area contributed by atoms with Crippen molar-refractivity contribution >= 4 is 22.7 Å². The van der Waals surface area contributed by atoms with Crippen molar-refractivity contribution in [3.8, 4) is 11.8 Å². The first-order chi connectivity index (χ1) is 8.24. The molecule has 2 rings (SSSR count). The fourth-order valence-corrected chi connectivity index (χ4v) is 2.45. The number of fused-ring (bicyclic) bond motifs is 1. The summed E-state index contributed by atoms with van der Waals surface area (Å²) in [6, 6.07) is 9.94. The van der Waals surface area contributed by atoms with Gasteiger partial charge in [0.2, 0.25) is 0 Å². The van der Waals surface area contributed by atoms with Crippen LogP contribution in [0.5, 0.6) is 5.75 Å². The number of ether oxygens (including phenoxy) is 1. The molecule has 1 aromatic heterocycles. The lowest BCUT2D eigenvalue weighted by Crippen LogP contribution is -1.89. The topological polar surface area (TPSA) is 45.9 Å². The van der Waals surface area contributed by atoms with Crippen molar-refractivity contribution in [1.29, 1.82) is 5.26 Å².